The van der Waals surface area contributed by atoms with Gasteiger partial charge in [0, 0.05) is 16.1 Å². The van der Waals surface area contributed by atoms with E-state index in [2.05, 4.69) is 9.97 Å². The normalized spacial score (nSPS) is 11.9. The monoisotopic (exact) mass is 262 g/mol. The largest absolute Gasteiger partial charge is 0.261 e. The molecule has 0 bridgehead atoms. The molecule has 0 atom stereocenters. The topological polar surface area (TPSA) is 59.9 Å². The molecule has 0 aliphatic carbocycles. The van der Waals surface area contributed by atoms with Gasteiger partial charge in [0.1, 0.15) is 11.5 Å². The summed E-state index contributed by atoms with van der Waals surface area (Å²) in [4.78, 5) is 7.66. The minimum atomic E-state index is -3.75. The fourth-order valence-corrected chi connectivity index (χ4v) is 2.13. The first-order valence-corrected chi connectivity index (χ1v) is 6.52. The summed E-state index contributed by atoms with van der Waals surface area (Å²) in [5.74, 6) is 0. The van der Waals surface area contributed by atoms with Crippen LogP contribution >= 0.6 is 22.3 Å². The van der Waals surface area contributed by atoms with E-state index in [9.17, 15) is 8.42 Å². The third-order valence-electron chi connectivity index (χ3n) is 1.84. The lowest BCUT2D eigenvalue weighted by Crippen LogP contribution is -1.91. The van der Waals surface area contributed by atoms with Gasteiger partial charge in [0.2, 0.25) is 0 Å². The number of nitrogens with zero attached hydrogens (tertiary/aromatic N) is 2. The van der Waals surface area contributed by atoms with E-state index in [1.54, 1.807) is 0 Å². The highest BCUT2D eigenvalue weighted by Gasteiger charge is 2.11. The van der Waals surface area contributed by atoms with Crippen molar-refractivity contribution in [2.75, 3.05) is 0 Å². The van der Waals surface area contributed by atoms with Gasteiger partial charge in [0.15, 0.2) is 0 Å². The number of aromatic nitrogens is 2. The van der Waals surface area contributed by atoms with Gasteiger partial charge in [-0.2, -0.15) is 0 Å². The molecule has 0 N–H and O–H groups in total. The molecule has 0 unspecified atom stereocenters. The summed E-state index contributed by atoms with van der Waals surface area (Å²) >= 11 is 5.79. The zero-order chi connectivity index (χ0) is 11.1. The molecule has 0 aliphatic heterocycles. The standard InChI is InChI=1S/C8H4Cl2N2O2S/c9-8-6-3-5(15(10,13)14)1-2-7(6)11-4-12-8/h1-4H. The maximum atomic E-state index is 11.1. The van der Waals surface area contributed by atoms with Crippen molar-refractivity contribution in [3.8, 4) is 0 Å². The minimum Gasteiger partial charge on any atom is -0.236 e. The summed E-state index contributed by atoms with van der Waals surface area (Å²) in [5, 5.41) is 0.656. The molecule has 7 heteroatoms. The van der Waals surface area contributed by atoms with Crippen LogP contribution in [0.1, 0.15) is 0 Å². The van der Waals surface area contributed by atoms with E-state index in [4.69, 9.17) is 22.3 Å². The lowest BCUT2D eigenvalue weighted by atomic mass is 10.2. The molecule has 1 aromatic carbocycles. The van der Waals surface area contributed by atoms with Crippen LogP contribution in [0.25, 0.3) is 10.9 Å². The molecule has 4 nitrogen and oxygen atoms in total. The van der Waals surface area contributed by atoms with Gasteiger partial charge in [-0.05, 0) is 18.2 Å². The first-order valence-electron chi connectivity index (χ1n) is 3.83. The van der Waals surface area contributed by atoms with Gasteiger partial charge in [-0.15, -0.1) is 0 Å². The summed E-state index contributed by atoms with van der Waals surface area (Å²) < 4.78 is 22.1. The van der Waals surface area contributed by atoms with Crippen molar-refractivity contribution in [2.24, 2.45) is 0 Å². The van der Waals surface area contributed by atoms with Crippen LogP contribution in [-0.2, 0) is 9.05 Å². The molecular formula is C8H4Cl2N2O2S. The van der Waals surface area contributed by atoms with Crippen molar-refractivity contribution >= 4 is 42.2 Å². The highest BCUT2D eigenvalue weighted by Crippen LogP contribution is 2.24. The second-order valence-electron chi connectivity index (χ2n) is 2.78. The smallest absolute Gasteiger partial charge is 0.236 e. The number of halogens is 2. The van der Waals surface area contributed by atoms with E-state index in [1.807, 2.05) is 0 Å². The molecule has 2 rings (SSSR count). The molecule has 0 saturated heterocycles. The zero-order valence-corrected chi connectivity index (χ0v) is 9.51. The van der Waals surface area contributed by atoms with Crippen LogP contribution in [0.5, 0.6) is 0 Å². The van der Waals surface area contributed by atoms with E-state index in [-0.39, 0.29) is 10.0 Å². The second-order valence-corrected chi connectivity index (χ2v) is 5.71. The van der Waals surface area contributed by atoms with Crippen LogP contribution < -0.4 is 0 Å². The Morgan fingerprint density at radius 3 is 2.60 bits per heavy atom. The zero-order valence-electron chi connectivity index (χ0n) is 7.18. The Morgan fingerprint density at radius 1 is 1.20 bits per heavy atom. The Hall–Kier alpha value is -0.910. The molecule has 1 heterocycles. The minimum absolute atomic E-state index is 0.0200. The highest BCUT2D eigenvalue weighted by molar-refractivity contribution is 8.13. The maximum Gasteiger partial charge on any atom is 0.261 e. The second kappa shape index (κ2) is 3.59. The Bertz CT molecular complexity index is 628. The molecule has 0 amide bonds. The van der Waals surface area contributed by atoms with Crippen LogP contribution in [0.4, 0.5) is 0 Å². The van der Waals surface area contributed by atoms with Crippen LogP contribution in [0.2, 0.25) is 5.15 Å². The Labute approximate surface area is 95.3 Å². The summed E-state index contributed by atoms with van der Waals surface area (Å²) in [6, 6.07) is 4.24. The van der Waals surface area contributed by atoms with Crippen LogP contribution in [0.15, 0.2) is 29.4 Å². The van der Waals surface area contributed by atoms with E-state index in [0.717, 1.165) is 0 Å². The van der Waals surface area contributed by atoms with Gasteiger partial charge < -0.3 is 0 Å². The lowest BCUT2D eigenvalue weighted by Gasteiger charge is -2.00. The SMILES string of the molecule is O=S(=O)(Cl)c1ccc2ncnc(Cl)c2c1. The molecule has 0 fully saturated rings. The van der Waals surface area contributed by atoms with Crippen molar-refractivity contribution in [3.05, 3.63) is 29.7 Å². The summed E-state index contributed by atoms with van der Waals surface area (Å²) in [6.07, 6.45) is 1.31. The Balaban J connectivity index is 2.81. The van der Waals surface area contributed by atoms with Crippen molar-refractivity contribution < 1.29 is 8.42 Å². The van der Waals surface area contributed by atoms with Crippen molar-refractivity contribution in [1.29, 1.82) is 0 Å². The number of hydrogen-bond acceptors (Lipinski definition) is 4. The summed E-state index contributed by atoms with van der Waals surface area (Å²) in [7, 11) is 1.45. The van der Waals surface area contributed by atoms with Gasteiger partial charge in [-0.3, -0.25) is 0 Å². The molecule has 0 spiro atoms. The van der Waals surface area contributed by atoms with Crippen LogP contribution in [-0.4, -0.2) is 18.4 Å². The Morgan fingerprint density at radius 2 is 1.93 bits per heavy atom. The maximum absolute atomic E-state index is 11.1. The van der Waals surface area contributed by atoms with Crippen LogP contribution in [0, 0.1) is 0 Å². The fourth-order valence-electron chi connectivity index (χ4n) is 1.16. The molecule has 2 aromatic rings. The average Bonchev–Trinajstić information content (AvgIpc) is 2.16. The van der Waals surface area contributed by atoms with Crippen molar-refractivity contribution in [1.82, 2.24) is 9.97 Å². The first kappa shape index (κ1) is 10.6. The average molecular weight is 263 g/mol. The van der Waals surface area contributed by atoms with Gasteiger partial charge >= 0.3 is 0 Å². The van der Waals surface area contributed by atoms with Gasteiger partial charge in [0.05, 0.1) is 10.4 Å². The number of fused-ring (bicyclic) bond motifs is 1. The van der Waals surface area contributed by atoms with Gasteiger partial charge in [-0.1, -0.05) is 11.6 Å². The molecule has 78 valence electrons. The molecular weight excluding hydrogens is 259 g/mol. The predicted octanol–water partition coefficient (Wildman–Crippen LogP) is 2.21. The fraction of sp³-hybridized carbons (Fsp3) is 0. The molecule has 1 aromatic heterocycles. The first-order chi connectivity index (χ1) is 6.98. The lowest BCUT2D eigenvalue weighted by molar-refractivity contribution is 0.609. The molecule has 0 radical (unpaired) electrons. The van der Waals surface area contributed by atoms with E-state index in [0.29, 0.717) is 10.9 Å². The molecule has 15 heavy (non-hydrogen) atoms. The highest BCUT2D eigenvalue weighted by atomic mass is 35.7. The summed E-state index contributed by atoms with van der Waals surface area (Å²) in [6.45, 7) is 0. The van der Waals surface area contributed by atoms with Crippen molar-refractivity contribution in [2.45, 2.75) is 4.90 Å². The van der Waals surface area contributed by atoms with Crippen molar-refractivity contribution in [3.63, 3.8) is 0 Å². The number of hydrogen-bond donors (Lipinski definition) is 0. The van der Waals surface area contributed by atoms with Crippen LogP contribution in [0.3, 0.4) is 0 Å². The third-order valence-corrected chi connectivity index (χ3v) is 3.49. The Kier molecular flexibility index (Phi) is 2.54. The molecule has 0 aliphatic rings. The van der Waals surface area contributed by atoms with E-state index >= 15 is 0 Å². The van der Waals surface area contributed by atoms with Gasteiger partial charge in [0.25, 0.3) is 9.05 Å². The number of benzene rings is 1. The van der Waals surface area contributed by atoms with E-state index in [1.165, 1.54) is 24.5 Å². The molecule has 0 saturated carbocycles. The van der Waals surface area contributed by atoms with Gasteiger partial charge in [-0.25, -0.2) is 18.4 Å². The van der Waals surface area contributed by atoms with E-state index < -0.39 is 9.05 Å². The quantitative estimate of drug-likeness (QED) is 0.584. The number of rotatable bonds is 1. The summed E-state index contributed by atoms with van der Waals surface area (Å²) in [5.41, 5.74) is 0.569. The third kappa shape index (κ3) is 2.04. The predicted molar refractivity (Wildman–Crippen MR) is 57.6 cm³/mol.